The lowest BCUT2D eigenvalue weighted by Gasteiger charge is -2.36. The third-order valence-corrected chi connectivity index (χ3v) is 13.9. The van der Waals surface area contributed by atoms with E-state index in [0.29, 0.717) is 32.0 Å². The Morgan fingerprint density at radius 2 is 1.89 bits per heavy atom. The molecule has 2 aliphatic rings. The zero-order valence-electron chi connectivity index (χ0n) is 30.1. The quantitative estimate of drug-likeness (QED) is 0.125. The number of hydrogen-bond acceptors (Lipinski definition) is 7. The van der Waals surface area contributed by atoms with Gasteiger partial charge in [-0.3, -0.25) is 0 Å². The third-order valence-electron chi connectivity index (χ3n) is 9.38. The minimum atomic E-state index is -1.75. The summed E-state index contributed by atoms with van der Waals surface area (Å²) in [5.74, 6) is 0.597. The molecule has 7 nitrogen and oxygen atoms in total. The van der Waals surface area contributed by atoms with Crippen LogP contribution in [-0.4, -0.2) is 70.1 Å². The number of ether oxygens (including phenoxy) is 5. The molecule has 0 amide bonds. The molecule has 1 unspecified atom stereocenters. The Kier molecular flexibility index (Phi) is 14.8. The van der Waals surface area contributed by atoms with Crippen molar-refractivity contribution >= 4 is 8.32 Å². The molecule has 8 heteroatoms. The Morgan fingerprint density at radius 1 is 1.17 bits per heavy atom. The maximum atomic E-state index is 10.8. The van der Waals surface area contributed by atoms with Gasteiger partial charge in [-0.25, -0.2) is 0 Å². The summed E-state index contributed by atoms with van der Waals surface area (Å²) < 4.78 is 36.3. The summed E-state index contributed by atoms with van der Waals surface area (Å²) in [5.41, 5.74) is 2.11. The lowest BCUT2D eigenvalue weighted by atomic mass is 9.91. The van der Waals surface area contributed by atoms with Crippen LogP contribution in [0.5, 0.6) is 5.75 Å². The van der Waals surface area contributed by atoms with Crippen LogP contribution in [0.4, 0.5) is 0 Å². The lowest BCUT2D eigenvalue weighted by molar-refractivity contribution is -0.157. The second-order valence-corrected chi connectivity index (χ2v) is 20.0. The second-order valence-electron chi connectivity index (χ2n) is 15.2. The van der Waals surface area contributed by atoms with Gasteiger partial charge in [0.1, 0.15) is 11.9 Å². The smallest absolute Gasteiger partial charge is 0.191 e. The summed E-state index contributed by atoms with van der Waals surface area (Å²) in [5, 5.41) is 11.0. The molecule has 1 saturated heterocycles. The molecule has 260 valence electrons. The number of benzene rings is 1. The van der Waals surface area contributed by atoms with Crippen LogP contribution in [0.3, 0.4) is 0 Å². The Labute approximate surface area is 280 Å². The molecule has 0 saturated carbocycles. The summed E-state index contributed by atoms with van der Waals surface area (Å²) in [7, 11) is -0.0879. The molecule has 0 aromatic heterocycles. The van der Waals surface area contributed by atoms with Crippen molar-refractivity contribution < 1.29 is 33.2 Å². The fourth-order valence-electron chi connectivity index (χ4n) is 5.69. The summed E-state index contributed by atoms with van der Waals surface area (Å²) in [6, 6.07) is 7.86. The van der Waals surface area contributed by atoms with Gasteiger partial charge in [0.2, 0.25) is 0 Å². The van der Waals surface area contributed by atoms with Crippen LogP contribution in [0.15, 0.2) is 60.7 Å². The van der Waals surface area contributed by atoms with Crippen molar-refractivity contribution in [1.29, 1.82) is 0 Å². The van der Waals surface area contributed by atoms with E-state index < -0.39 is 20.2 Å². The summed E-state index contributed by atoms with van der Waals surface area (Å²) in [6.07, 6.45) is 12.4. The summed E-state index contributed by atoms with van der Waals surface area (Å²) >= 11 is 0. The molecule has 2 heterocycles. The van der Waals surface area contributed by atoms with E-state index in [9.17, 15) is 5.11 Å². The maximum Gasteiger partial charge on any atom is 0.191 e. The Bertz CT molecular complexity index is 1120. The van der Waals surface area contributed by atoms with E-state index in [4.69, 9.17) is 28.1 Å². The lowest BCUT2D eigenvalue weighted by Crippen LogP contribution is -2.41. The normalized spacial score (nSPS) is 23.8. The van der Waals surface area contributed by atoms with Crippen LogP contribution in [0.25, 0.3) is 0 Å². The zero-order chi connectivity index (χ0) is 34.0. The van der Waals surface area contributed by atoms with E-state index in [1.807, 2.05) is 50.3 Å². The molecular formula is C38H62O7Si. The largest absolute Gasteiger partial charge is 0.497 e. The first-order valence-electron chi connectivity index (χ1n) is 17.1. The molecule has 3 rings (SSSR count). The molecule has 1 fully saturated rings. The van der Waals surface area contributed by atoms with Gasteiger partial charge in [0.05, 0.1) is 44.7 Å². The molecule has 2 aliphatic heterocycles. The molecule has 0 bridgehead atoms. The van der Waals surface area contributed by atoms with E-state index in [1.165, 1.54) is 0 Å². The number of hydrogen-bond donors (Lipinski definition) is 1. The van der Waals surface area contributed by atoms with Gasteiger partial charge in [0.25, 0.3) is 0 Å². The molecule has 0 radical (unpaired) electrons. The maximum absolute atomic E-state index is 10.8. The van der Waals surface area contributed by atoms with Crippen molar-refractivity contribution in [3.63, 3.8) is 0 Å². The van der Waals surface area contributed by atoms with Crippen LogP contribution < -0.4 is 4.74 Å². The van der Waals surface area contributed by atoms with Gasteiger partial charge < -0.3 is 33.2 Å². The summed E-state index contributed by atoms with van der Waals surface area (Å²) in [6.45, 7) is 23.5. The van der Waals surface area contributed by atoms with Crippen molar-refractivity contribution in [2.24, 2.45) is 5.92 Å². The first-order chi connectivity index (χ1) is 21.6. The molecule has 1 aromatic carbocycles. The fourth-order valence-corrected chi connectivity index (χ4v) is 6.75. The van der Waals surface area contributed by atoms with E-state index in [1.54, 1.807) is 7.11 Å². The highest BCUT2D eigenvalue weighted by atomic mass is 28.4. The van der Waals surface area contributed by atoms with Crippen LogP contribution in [0.2, 0.25) is 18.1 Å². The van der Waals surface area contributed by atoms with Crippen molar-refractivity contribution in [2.45, 2.75) is 141 Å². The highest BCUT2D eigenvalue weighted by Crippen LogP contribution is 2.37. The number of aliphatic hydroxyl groups excluding tert-OH is 1. The van der Waals surface area contributed by atoms with Crippen molar-refractivity contribution in [3.8, 4) is 5.75 Å². The monoisotopic (exact) mass is 658 g/mol. The van der Waals surface area contributed by atoms with Gasteiger partial charge in [-0.2, -0.15) is 0 Å². The van der Waals surface area contributed by atoms with Gasteiger partial charge in [0.15, 0.2) is 14.1 Å². The number of methoxy groups -OCH3 is 1. The highest BCUT2D eigenvalue weighted by Gasteiger charge is 2.38. The predicted molar refractivity (Wildman–Crippen MR) is 189 cm³/mol. The minimum Gasteiger partial charge on any atom is -0.497 e. The molecule has 46 heavy (non-hydrogen) atoms. The predicted octanol–water partition coefficient (Wildman–Crippen LogP) is 8.53. The van der Waals surface area contributed by atoms with Gasteiger partial charge in [-0.1, -0.05) is 76.3 Å². The molecule has 6 atom stereocenters. The van der Waals surface area contributed by atoms with Gasteiger partial charge >= 0.3 is 0 Å². The zero-order valence-corrected chi connectivity index (χ0v) is 31.1. The van der Waals surface area contributed by atoms with Crippen LogP contribution >= 0.6 is 0 Å². The number of rotatable bonds is 18. The third kappa shape index (κ3) is 13.0. The van der Waals surface area contributed by atoms with Crippen molar-refractivity contribution in [3.05, 3.63) is 66.3 Å². The second kappa shape index (κ2) is 17.6. The van der Waals surface area contributed by atoms with Gasteiger partial charge in [-0.05, 0) is 94.1 Å². The van der Waals surface area contributed by atoms with Crippen molar-refractivity contribution in [2.75, 3.05) is 20.3 Å². The highest BCUT2D eigenvalue weighted by molar-refractivity contribution is 6.74. The Balaban J connectivity index is 1.41. The summed E-state index contributed by atoms with van der Waals surface area (Å²) in [4.78, 5) is 0. The van der Waals surface area contributed by atoms with E-state index in [2.05, 4.69) is 59.5 Å². The fraction of sp³-hybridized carbons (Fsp3) is 0.684. The number of aliphatic hydroxyl groups is 1. The topological polar surface area (TPSA) is 75.6 Å². The average Bonchev–Trinajstić information content (AvgIpc) is 3.33. The van der Waals surface area contributed by atoms with Gasteiger partial charge in [-0.15, -0.1) is 0 Å². The van der Waals surface area contributed by atoms with Crippen molar-refractivity contribution in [1.82, 2.24) is 0 Å². The SMILES string of the molecule is C=C(CC(O)/C=C/C[C@@H](OCc1ccc(OC)cc1)[C@@H]1COC(C)(C)O1)C[C@H](C)C[C@@H]1CC=C[C@@H](CCO[Si](C)(C)C(C)(C)C)O1. The van der Waals surface area contributed by atoms with E-state index in [-0.39, 0.29) is 29.5 Å². The van der Waals surface area contributed by atoms with Crippen LogP contribution in [0.1, 0.15) is 85.6 Å². The standard InChI is InChI=1S/C38H62O7Si/c1-28(23-29(2)25-34-15-12-14-33(44-34)21-22-43-46(9,10)37(3,4)5)24-31(39)13-11-16-35(36-27-42-38(6,7)45-36)41-26-30-17-19-32(40-8)20-18-30/h11-14,17-20,29,31,33-36,39H,1,15-16,21-27H2,2-10H3/b13-11+/t29-,31?,33-,34-,35+,36-/m0/s1. The molecule has 0 aliphatic carbocycles. The minimum absolute atomic E-state index is 0.113. The molecular weight excluding hydrogens is 596 g/mol. The molecule has 1 N–H and O–H groups in total. The van der Waals surface area contributed by atoms with E-state index >= 15 is 0 Å². The molecule has 1 aromatic rings. The molecule has 0 spiro atoms. The average molecular weight is 659 g/mol. The van der Waals surface area contributed by atoms with E-state index in [0.717, 1.165) is 49.2 Å². The Hall–Kier alpha value is -1.78. The Morgan fingerprint density at radius 3 is 2.52 bits per heavy atom. The first kappa shape index (κ1) is 38.7. The van der Waals surface area contributed by atoms with Gasteiger partial charge in [0, 0.05) is 6.61 Å². The van der Waals surface area contributed by atoms with Crippen LogP contribution in [-0.2, 0) is 30.0 Å². The first-order valence-corrected chi connectivity index (χ1v) is 20.0. The van der Waals surface area contributed by atoms with Crippen LogP contribution in [0, 0.1) is 5.92 Å².